The fourth-order valence-electron chi connectivity index (χ4n) is 1.44. The zero-order chi connectivity index (χ0) is 13.1. The van der Waals surface area contributed by atoms with Crippen LogP contribution in [0, 0.1) is 12.7 Å². The van der Waals surface area contributed by atoms with E-state index in [4.69, 9.17) is 4.74 Å². The van der Waals surface area contributed by atoms with Crippen LogP contribution in [0.25, 0.3) is 0 Å². The van der Waals surface area contributed by atoms with Crippen molar-refractivity contribution in [3.8, 4) is 11.5 Å². The molecule has 0 spiro atoms. The molecule has 0 saturated heterocycles. The van der Waals surface area contributed by atoms with E-state index >= 15 is 0 Å². The van der Waals surface area contributed by atoms with E-state index in [9.17, 15) is 9.18 Å². The Kier molecular flexibility index (Phi) is 3.77. The van der Waals surface area contributed by atoms with Gasteiger partial charge in [0.25, 0.3) is 0 Å². The molecule has 0 atom stereocenters. The van der Waals surface area contributed by atoms with Crippen molar-refractivity contribution in [1.82, 2.24) is 0 Å². The Morgan fingerprint density at radius 1 is 1.17 bits per heavy atom. The zero-order valence-electron chi connectivity index (χ0n) is 9.61. The van der Waals surface area contributed by atoms with Gasteiger partial charge in [0.2, 0.25) is 0 Å². The molecule has 0 aromatic heterocycles. The van der Waals surface area contributed by atoms with Gasteiger partial charge in [0, 0.05) is 16.1 Å². The highest BCUT2D eigenvalue weighted by Gasteiger charge is 2.04. The predicted octanol–water partition coefficient (Wildman–Crippen LogP) is 4.50. The molecule has 4 heteroatoms. The molecular formula is C14H10BrFO2. The van der Waals surface area contributed by atoms with Gasteiger partial charge in [-0.3, -0.25) is 4.79 Å². The van der Waals surface area contributed by atoms with Gasteiger partial charge in [-0.2, -0.15) is 0 Å². The van der Waals surface area contributed by atoms with Gasteiger partial charge in [0.15, 0.2) is 6.29 Å². The van der Waals surface area contributed by atoms with Crippen LogP contribution < -0.4 is 4.74 Å². The molecule has 92 valence electrons. The molecule has 0 unspecified atom stereocenters. The highest BCUT2D eigenvalue weighted by molar-refractivity contribution is 9.10. The summed E-state index contributed by atoms with van der Waals surface area (Å²) in [5.74, 6) is 0.649. The first-order valence-corrected chi connectivity index (χ1v) is 6.08. The van der Waals surface area contributed by atoms with Crippen LogP contribution in [0.15, 0.2) is 40.9 Å². The number of carbonyl (C=O) groups is 1. The first kappa shape index (κ1) is 12.8. The minimum atomic E-state index is -0.309. The molecule has 18 heavy (non-hydrogen) atoms. The normalized spacial score (nSPS) is 10.2. The first-order chi connectivity index (χ1) is 8.60. The number of aldehydes is 1. The van der Waals surface area contributed by atoms with E-state index in [0.717, 1.165) is 6.29 Å². The molecule has 2 rings (SSSR count). The van der Waals surface area contributed by atoms with Crippen molar-refractivity contribution < 1.29 is 13.9 Å². The van der Waals surface area contributed by atoms with E-state index in [1.165, 1.54) is 6.07 Å². The van der Waals surface area contributed by atoms with Crippen LogP contribution >= 0.6 is 15.9 Å². The van der Waals surface area contributed by atoms with E-state index in [1.54, 1.807) is 37.3 Å². The molecule has 0 saturated carbocycles. The molecule has 0 heterocycles. The molecule has 0 radical (unpaired) electrons. The number of benzene rings is 2. The van der Waals surface area contributed by atoms with Gasteiger partial charge in [-0.15, -0.1) is 0 Å². The van der Waals surface area contributed by atoms with Gasteiger partial charge in [-0.05, 0) is 52.7 Å². The van der Waals surface area contributed by atoms with Gasteiger partial charge in [-0.25, -0.2) is 4.39 Å². The third-order valence-corrected chi connectivity index (χ3v) is 3.16. The number of hydrogen-bond donors (Lipinski definition) is 0. The summed E-state index contributed by atoms with van der Waals surface area (Å²) < 4.78 is 19.5. The van der Waals surface area contributed by atoms with Crippen molar-refractivity contribution in [2.75, 3.05) is 0 Å². The predicted molar refractivity (Wildman–Crippen MR) is 70.7 cm³/mol. The van der Waals surface area contributed by atoms with Crippen LogP contribution in [0.5, 0.6) is 11.5 Å². The lowest BCUT2D eigenvalue weighted by Gasteiger charge is -2.07. The standard InChI is InChI=1S/C14H10BrFO2/c1-9-2-4-12(7-14(9)16)18-11-5-3-10(8-17)13(15)6-11/h2-8H,1H3. The minimum Gasteiger partial charge on any atom is -0.457 e. The summed E-state index contributed by atoms with van der Waals surface area (Å²) in [5.41, 5.74) is 1.11. The number of halogens is 2. The number of carbonyl (C=O) groups excluding carboxylic acids is 1. The number of rotatable bonds is 3. The molecule has 2 nitrogen and oxygen atoms in total. The Hall–Kier alpha value is -1.68. The molecule has 0 bridgehead atoms. The zero-order valence-corrected chi connectivity index (χ0v) is 11.2. The first-order valence-electron chi connectivity index (χ1n) is 5.29. The SMILES string of the molecule is Cc1ccc(Oc2ccc(C=O)c(Br)c2)cc1F. The number of aryl methyl sites for hydroxylation is 1. The summed E-state index contributed by atoms with van der Waals surface area (Å²) in [6.45, 7) is 1.69. The molecule has 0 fully saturated rings. The third-order valence-electron chi connectivity index (χ3n) is 2.48. The largest absolute Gasteiger partial charge is 0.457 e. The average molecular weight is 309 g/mol. The highest BCUT2D eigenvalue weighted by Crippen LogP contribution is 2.27. The highest BCUT2D eigenvalue weighted by atomic mass is 79.9. The van der Waals surface area contributed by atoms with Gasteiger partial charge in [0.05, 0.1) is 0 Å². The molecule has 0 aliphatic rings. The van der Waals surface area contributed by atoms with Crippen molar-refractivity contribution in [2.45, 2.75) is 6.92 Å². The fourth-order valence-corrected chi connectivity index (χ4v) is 1.89. The lowest BCUT2D eigenvalue weighted by Crippen LogP contribution is -1.89. The second kappa shape index (κ2) is 5.31. The topological polar surface area (TPSA) is 26.3 Å². The molecule has 0 aliphatic heterocycles. The number of hydrogen-bond acceptors (Lipinski definition) is 2. The fraction of sp³-hybridized carbons (Fsp3) is 0.0714. The van der Waals surface area contributed by atoms with Crippen LogP contribution in [0.4, 0.5) is 4.39 Å². The van der Waals surface area contributed by atoms with Crippen LogP contribution in [0.1, 0.15) is 15.9 Å². The van der Waals surface area contributed by atoms with Crippen molar-refractivity contribution in [3.05, 3.63) is 57.8 Å². The molecular weight excluding hydrogens is 299 g/mol. The quantitative estimate of drug-likeness (QED) is 0.780. The average Bonchev–Trinajstić information content (AvgIpc) is 2.34. The van der Waals surface area contributed by atoms with Crippen LogP contribution in [0.2, 0.25) is 0 Å². The van der Waals surface area contributed by atoms with E-state index in [-0.39, 0.29) is 5.82 Å². The smallest absolute Gasteiger partial charge is 0.151 e. The molecule has 2 aromatic carbocycles. The van der Waals surface area contributed by atoms with E-state index < -0.39 is 0 Å². The Morgan fingerprint density at radius 3 is 2.44 bits per heavy atom. The van der Waals surface area contributed by atoms with Gasteiger partial charge < -0.3 is 4.74 Å². The molecule has 0 aliphatic carbocycles. The Morgan fingerprint density at radius 2 is 1.83 bits per heavy atom. The van der Waals surface area contributed by atoms with E-state index in [0.29, 0.717) is 27.1 Å². The second-order valence-electron chi connectivity index (χ2n) is 3.81. The van der Waals surface area contributed by atoms with Crippen molar-refractivity contribution in [1.29, 1.82) is 0 Å². The molecule has 2 aromatic rings. The van der Waals surface area contributed by atoms with Gasteiger partial charge >= 0.3 is 0 Å². The van der Waals surface area contributed by atoms with Gasteiger partial charge in [-0.1, -0.05) is 6.07 Å². The Bertz CT molecular complexity index is 596. The number of ether oxygens (including phenoxy) is 1. The van der Waals surface area contributed by atoms with Crippen LogP contribution in [0.3, 0.4) is 0 Å². The monoisotopic (exact) mass is 308 g/mol. The third kappa shape index (κ3) is 2.76. The molecule has 0 N–H and O–H groups in total. The summed E-state index contributed by atoms with van der Waals surface area (Å²) >= 11 is 3.26. The lowest BCUT2D eigenvalue weighted by molar-refractivity contribution is 0.112. The molecule has 0 amide bonds. The minimum absolute atomic E-state index is 0.309. The summed E-state index contributed by atoms with van der Waals surface area (Å²) in [7, 11) is 0. The summed E-state index contributed by atoms with van der Waals surface area (Å²) in [6.07, 6.45) is 0.749. The summed E-state index contributed by atoms with van der Waals surface area (Å²) in [5, 5.41) is 0. The Balaban J connectivity index is 2.25. The maximum Gasteiger partial charge on any atom is 0.151 e. The van der Waals surface area contributed by atoms with Crippen molar-refractivity contribution >= 4 is 22.2 Å². The van der Waals surface area contributed by atoms with E-state index in [1.807, 2.05) is 0 Å². The lowest BCUT2D eigenvalue weighted by atomic mass is 10.2. The second-order valence-corrected chi connectivity index (χ2v) is 4.67. The van der Waals surface area contributed by atoms with Crippen molar-refractivity contribution in [2.24, 2.45) is 0 Å². The maximum atomic E-state index is 13.3. The summed E-state index contributed by atoms with van der Waals surface area (Å²) in [6, 6.07) is 9.64. The Labute approximate surface area is 113 Å². The van der Waals surface area contributed by atoms with Crippen LogP contribution in [-0.4, -0.2) is 6.29 Å². The maximum absolute atomic E-state index is 13.3. The summed E-state index contributed by atoms with van der Waals surface area (Å²) in [4.78, 5) is 10.7. The van der Waals surface area contributed by atoms with E-state index in [2.05, 4.69) is 15.9 Å². The van der Waals surface area contributed by atoms with Gasteiger partial charge in [0.1, 0.15) is 17.3 Å². The van der Waals surface area contributed by atoms with Crippen molar-refractivity contribution in [3.63, 3.8) is 0 Å². The van der Waals surface area contributed by atoms with Crippen LogP contribution in [-0.2, 0) is 0 Å².